The number of rotatable bonds is 5. The summed E-state index contributed by atoms with van der Waals surface area (Å²) in [4.78, 5) is 11.0. The number of thiophene rings is 1. The van der Waals surface area contributed by atoms with E-state index in [4.69, 9.17) is 4.18 Å². The van der Waals surface area contributed by atoms with E-state index in [0.29, 0.717) is 5.56 Å². The number of hydrogen-bond acceptors (Lipinski definition) is 6. The summed E-state index contributed by atoms with van der Waals surface area (Å²) in [5, 5.41) is 6.67. The van der Waals surface area contributed by atoms with Crippen LogP contribution in [0, 0.1) is 4.91 Å². The Balaban J connectivity index is 1.99. The average molecular weight is 345 g/mol. The second-order valence-electron chi connectivity index (χ2n) is 4.63. The minimum atomic E-state index is -4.03. The summed E-state index contributed by atoms with van der Waals surface area (Å²) in [5.74, 6) is 0.204. The van der Waals surface area contributed by atoms with E-state index in [-0.39, 0.29) is 16.3 Å². The highest BCUT2D eigenvalue weighted by molar-refractivity contribution is 7.87. The van der Waals surface area contributed by atoms with Gasteiger partial charge in [0.1, 0.15) is 16.3 Å². The minimum absolute atomic E-state index is 0.0566. The van der Waals surface area contributed by atoms with E-state index in [1.165, 1.54) is 35.6 Å². The number of benzene rings is 2. The zero-order valence-electron chi connectivity index (χ0n) is 11.7. The van der Waals surface area contributed by atoms with Crippen molar-refractivity contribution in [1.82, 2.24) is 0 Å². The first-order valence-electron chi connectivity index (χ1n) is 6.60. The first-order valence-corrected chi connectivity index (χ1v) is 8.95. The molecule has 1 aromatic heterocycles. The molecular weight excluding hydrogens is 334 g/mol. The molecule has 0 fully saturated rings. The maximum atomic E-state index is 12.3. The molecule has 0 N–H and O–H groups in total. The van der Waals surface area contributed by atoms with Gasteiger partial charge < -0.3 is 4.18 Å². The zero-order valence-corrected chi connectivity index (χ0v) is 13.4. The van der Waals surface area contributed by atoms with Crippen LogP contribution >= 0.6 is 11.3 Å². The highest BCUT2D eigenvalue weighted by atomic mass is 32.2. The third-order valence-electron chi connectivity index (χ3n) is 3.14. The van der Waals surface area contributed by atoms with E-state index in [0.717, 1.165) is 5.56 Å². The summed E-state index contributed by atoms with van der Waals surface area (Å²) in [7, 11) is -4.03. The highest BCUT2D eigenvalue weighted by Crippen LogP contribution is 2.34. The lowest BCUT2D eigenvalue weighted by atomic mass is 10.1. The lowest BCUT2D eigenvalue weighted by Gasteiger charge is -2.08. The predicted octanol–water partition coefficient (Wildman–Crippen LogP) is 4.58. The van der Waals surface area contributed by atoms with Crippen molar-refractivity contribution < 1.29 is 12.6 Å². The Morgan fingerprint density at radius 2 is 1.78 bits per heavy atom. The monoisotopic (exact) mass is 345 g/mol. The molecular formula is C16H11NO4S2. The van der Waals surface area contributed by atoms with Crippen LogP contribution < -0.4 is 4.18 Å². The molecule has 1 heterocycles. The SMILES string of the molecule is O=Nc1cc(S(=O)(=O)Oc2ccccc2)ccc1-c1ccsc1. The Hall–Kier alpha value is -2.51. The van der Waals surface area contributed by atoms with Gasteiger partial charge in [-0.3, -0.25) is 0 Å². The fourth-order valence-electron chi connectivity index (χ4n) is 2.06. The molecule has 3 rings (SSSR count). The van der Waals surface area contributed by atoms with Gasteiger partial charge in [-0.25, -0.2) is 0 Å². The fraction of sp³-hybridized carbons (Fsp3) is 0. The average Bonchev–Trinajstić information content (AvgIpc) is 3.09. The van der Waals surface area contributed by atoms with Crippen LogP contribution in [0.5, 0.6) is 5.75 Å². The van der Waals surface area contributed by atoms with Crippen LogP contribution in [0.4, 0.5) is 5.69 Å². The van der Waals surface area contributed by atoms with Gasteiger partial charge in [-0.05, 0) is 51.8 Å². The van der Waals surface area contributed by atoms with Crippen molar-refractivity contribution in [2.75, 3.05) is 0 Å². The molecule has 5 nitrogen and oxygen atoms in total. The molecule has 0 aliphatic heterocycles. The summed E-state index contributed by atoms with van der Waals surface area (Å²) in [6.07, 6.45) is 0. The molecule has 0 saturated heterocycles. The van der Waals surface area contributed by atoms with Gasteiger partial charge in [0.15, 0.2) is 0 Å². The molecule has 0 unspecified atom stereocenters. The molecule has 0 bridgehead atoms. The molecule has 23 heavy (non-hydrogen) atoms. The smallest absolute Gasteiger partial charge is 0.339 e. The maximum Gasteiger partial charge on any atom is 0.339 e. The quantitative estimate of drug-likeness (QED) is 0.501. The third-order valence-corrected chi connectivity index (χ3v) is 5.06. The molecule has 0 aliphatic rings. The van der Waals surface area contributed by atoms with E-state index >= 15 is 0 Å². The topological polar surface area (TPSA) is 72.8 Å². The van der Waals surface area contributed by atoms with Crippen molar-refractivity contribution in [3.8, 4) is 16.9 Å². The molecule has 116 valence electrons. The summed E-state index contributed by atoms with van der Waals surface area (Å²) >= 11 is 1.48. The number of hydrogen-bond donors (Lipinski definition) is 0. The van der Waals surface area contributed by atoms with Crippen molar-refractivity contribution >= 4 is 27.1 Å². The van der Waals surface area contributed by atoms with E-state index in [2.05, 4.69) is 5.18 Å². The van der Waals surface area contributed by atoms with E-state index in [1.54, 1.807) is 24.3 Å². The van der Waals surface area contributed by atoms with Gasteiger partial charge in [-0.15, -0.1) is 4.91 Å². The van der Waals surface area contributed by atoms with Crippen molar-refractivity contribution in [3.63, 3.8) is 0 Å². The van der Waals surface area contributed by atoms with Gasteiger partial charge in [0, 0.05) is 5.56 Å². The Kier molecular flexibility index (Phi) is 4.22. The Morgan fingerprint density at radius 1 is 1.00 bits per heavy atom. The van der Waals surface area contributed by atoms with Gasteiger partial charge >= 0.3 is 10.1 Å². The Morgan fingerprint density at radius 3 is 2.43 bits per heavy atom. The largest absolute Gasteiger partial charge is 0.379 e. The first kappa shape index (κ1) is 15.4. The molecule has 2 aromatic carbocycles. The summed E-state index contributed by atoms with van der Waals surface area (Å²) in [6, 6.07) is 14.2. The van der Waals surface area contributed by atoms with Gasteiger partial charge in [-0.1, -0.05) is 24.3 Å². The van der Waals surface area contributed by atoms with Crippen LogP contribution in [0.1, 0.15) is 0 Å². The summed E-state index contributed by atoms with van der Waals surface area (Å²) in [6.45, 7) is 0. The zero-order chi connectivity index (χ0) is 16.3. The maximum absolute atomic E-state index is 12.3. The number of nitrogens with zero attached hydrogens (tertiary/aromatic N) is 1. The summed E-state index contributed by atoms with van der Waals surface area (Å²) in [5.41, 5.74) is 1.46. The van der Waals surface area contributed by atoms with Crippen LogP contribution in [0.3, 0.4) is 0 Å². The molecule has 0 radical (unpaired) electrons. The first-order chi connectivity index (χ1) is 11.1. The number of para-hydroxylation sites is 1. The van der Waals surface area contributed by atoms with Crippen molar-refractivity contribution in [2.24, 2.45) is 5.18 Å². The van der Waals surface area contributed by atoms with Crippen LogP contribution in [0.25, 0.3) is 11.1 Å². The Labute approximate surface area is 137 Å². The van der Waals surface area contributed by atoms with Crippen LogP contribution in [-0.2, 0) is 10.1 Å². The fourth-order valence-corrected chi connectivity index (χ4v) is 3.66. The molecule has 3 aromatic rings. The van der Waals surface area contributed by atoms with E-state index < -0.39 is 10.1 Å². The normalized spacial score (nSPS) is 11.1. The molecule has 0 amide bonds. The van der Waals surface area contributed by atoms with Gasteiger partial charge in [0.05, 0.1) is 0 Å². The predicted molar refractivity (Wildman–Crippen MR) is 89.5 cm³/mol. The van der Waals surface area contributed by atoms with Crippen molar-refractivity contribution in [1.29, 1.82) is 0 Å². The third kappa shape index (κ3) is 3.30. The highest BCUT2D eigenvalue weighted by Gasteiger charge is 2.19. The van der Waals surface area contributed by atoms with Crippen LogP contribution in [0.2, 0.25) is 0 Å². The van der Waals surface area contributed by atoms with E-state index in [9.17, 15) is 13.3 Å². The minimum Gasteiger partial charge on any atom is -0.379 e. The van der Waals surface area contributed by atoms with Gasteiger partial charge in [-0.2, -0.15) is 19.8 Å². The molecule has 0 aliphatic carbocycles. The van der Waals surface area contributed by atoms with Crippen molar-refractivity contribution in [3.05, 3.63) is 70.3 Å². The molecule has 0 saturated carbocycles. The molecule has 0 spiro atoms. The van der Waals surface area contributed by atoms with Crippen molar-refractivity contribution in [2.45, 2.75) is 4.90 Å². The second-order valence-corrected chi connectivity index (χ2v) is 6.96. The lowest BCUT2D eigenvalue weighted by Crippen LogP contribution is -2.09. The van der Waals surface area contributed by atoms with E-state index in [1.807, 2.05) is 16.8 Å². The van der Waals surface area contributed by atoms with Crippen LogP contribution in [0.15, 0.2) is 75.4 Å². The van der Waals surface area contributed by atoms with Crippen LogP contribution in [-0.4, -0.2) is 8.42 Å². The molecule has 0 atom stereocenters. The van der Waals surface area contributed by atoms with Gasteiger partial charge in [0.25, 0.3) is 0 Å². The Bertz CT molecular complexity index is 920. The van der Waals surface area contributed by atoms with Gasteiger partial charge in [0.2, 0.25) is 0 Å². The number of nitroso groups, excluding NO2 is 1. The molecule has 7 heteroatoms. The second kappa shape index (κ2) is 6.31. The lowest BCUT2D eigenvalue weighted by molar-refractivity contribution is 0.486. The summed E-state index contributed by atoms with van der Waals surface area (Å²) < 4.78 is 29.7. The standard InChI is InChI=1S/C16H11NO4S2/c18-17-16-10-14(6-7-15(16)12-8-9-22-11-12)23(19,20)21-13-4-2-1-3-5-13/h1-11H.